The topological polar surface area (TPSA) is 20.2 Å². The van der Waals surface area contributed by atoms with Crippen molar-refractivity contribution in [3.63, 3.8) is 0 Å². The lowest BCUT2D eigenvalue weighted by molar-refractivity contribution is 0.173. The average molecular weight is 168 g/mol. The van der Waals surface area contributed by atoms with Crippen molar-refractivity contribution in [1.82, 2.24) is 0 Å². The van der Waals surface area contributed by atoms with Crippen molar-refractivity contribution in [1.29, 1.82) is 0 Å². The van der Waals surface area contributed by atoms with E-state index in [1.165, 1.54) is 0 Å². The molecule has 0 bridgehead atoms. The van der Waals surface area contributed by atoms with Crippen LogP contribution in [0.4, 0.5) is 0 Å². The van der Waals surface area contributed by atoms with E-state index in [1.54, 1.807) is 0 Å². The van der Waals surface area contributed by atoms with E-state index in [1.807, 2.05) is 6.08 Å². The fourth-order valence-electron chi connectivity index (χ4n) is 1.82. The predicted molar refractivity (Wildman–Crippen MR) is 52.1 cm³/mol. The summed E-state index contributed by atoms with van der Waals surface area (Å²) in [5, 5.41) is 9.42. The minimum Gasteiger partial charge on any atom is -0.512 e. The maximum Gasteiger partial charge on any atom is 0.0911 e. The third kappa shape index (κ3) is 2.02. The molecule has 0 aromatic carbocycles. The standard InChI is InChI=1S/C11H20O/c1-8-7-9(11(2,3)4)5-6-10(8)12/h6,8-9,12H,5,7H2,1-4H3. The molecule has 0 heterocycles. The van der Waals surface area contributed by atoms with Crippen LogP contribution >= 0.6 is 0 Å². The third-order valence-corrected chi connectivity index (χ3v) is 2.98. The van der Waals surface area contributed by atoms with Crippen molar-refractivity contribution in [2.75, 3.05) is 0 Å². The molecule has 0 radical (unpaired) electrons. The summed E-state index contributed by atoms with van der Waals surface area (Å²) < 4.78 is 0. The predicted octanol–water partition coefficient (Wildman–Crippen LogP) is 3.52. The van der Waals surface area contributed by atoms with Gasteiger partial charge in [-0.15, -0.1) is 0 Å². The Morgan fingerprint density at radius 3 is 2.42 bits per heavy atom. The van der Waals surface area contributed by atoms with Gasteiger partial charge in [-0.3, -0.25) is 0 Å². The lowest BCUT2D eigenvalue weighted by atomic mass is 9.71. The van der Waals surface area contributed by atoms with Gasteiger partial charge in [0.25, 0.3) is 0 Å². The summed E-state index contributed by atoms with van der Waals surface area (Å²) in [6, 6.07) is 0. The van der Waals surface area contributed by atoms with Crippen LogP contribution < -0.4 is 0 Å². The second kappa shape index (κ2) is 3.12. The van der Waals surface area contributed by atoms with E-state index in [4.69, 9.17) is 0 Å². The molecule has 70 valence electrons. The molecule has 1 aliphatic carbocycles. The monoisotopic (exact) mass is 168 g/mol. The Morgan fingerprint density at radius 2 is 2.00 bits per heavy atom. The number of hydrogen-bond acceptors (Lipinski definition) is 1. The maximum atomic E-state index is 9.42. The summed E-state index contributed by atoms with van der Waals surface area (Å²) in [5.41, 5.74) is 0.380. The Balaban J connectivity index is 2.65. The second-order valence-electron chi connectivity index (χ2n) is 5.06. The number of rotatable bonds is 0. The zero-order chi connectivity index (χ0) is 9.35. The smallest absolute Gasteiger partial charge is 0.0911 e. The van der Waals surface area contributed by atoms with Gasteiger partial charge in [-0.1, -0.05) is 27.7 Å². The van der Waals surface area contributed by atoms with Gasteiger partial charge in [0, 0.05) is 5.92 Å². The molecule has 0 aromatic rings. The van der Waals surface area contributed by atoms with E-state index in [0.29, 0.717) is 17.1 Å². The van der Waals surface area contributed by atoms with Crippen LogP contribution in [-0.4, -0.2) is 5.11 Å². The van der Waals surface area contributed by atoms with E-state index in [9.17, 15) is 5.11 Å². The van der Waals surface area contributed by atoms with Gasteiger partial charge < -0.3 is 5.11 Å². The van der Waals surface area contributed by atoms with Gasteiger partial charge in [0.15, 0.2) is 0 Å². The minimum atomic E-state index is 0.364. The van der Waals surface area contributed by atoms with Crippen LogP contribution in [0.3, 0.4) is 0 Å². The van der Waals surface area contributed by atoms with Gasteiger partial charge in [0.05, 0.1) is 5.76 Å². The van der Waals surface area contributed by atoms with E-state index in [0.717, 1.165) is 18.8 Å². The molecule has 2 unspecified atom stereocenters. The first-order valence-electron chi connectivity index (χ1n) is 4.80. The lowest BCUT2D eigenvalue weighted by Crippen LogP contribution is -2.25. The van der Waals surface area contributed by atoms with Crippen molar-refractivity contribution in [3.05, 3.63) is 11.8 Å². The highest BCUT2D eigenvalue weighted by Crippen LogP contribution is 2.38. The van der Waals surface area contributed by atoms with Crippen LogP contribution in [0.15, 0.2) is 11.8 Å². The van der Waals surface area contributed by atoms with Crippen LogP contribution in [0, 0.1) is 17.3 Å². The molecule has 0 aliphatic heterocycles. The maximum absolute atomic E-state index is 9.42. The zero-order valence-electron chi connectivity index (χ0n) is 8.59. The minimum absolute atomic E-state index is 0.364. The Bertz CT molecular complexity index is 186. The summed E-state index contributed by atoms with van der Waals surface area (Å²) in [7, 11) is 0. The van der Waals surface area contributed by atoms with Gasteiger partial charge in [-0.2, -0.15) is 0 Å². The Morgan fingerprint density at radius 1 is 1.42 bits per heavy atom. The summed E-state index contributed by atoms with van der Waals surface area (Å²) in [4.78, 5) is 0. The average Bonchev–Trinajstić information content (AvgIpc) is 1.92. The van der Waals surface area contributed by atoms with Crippen molar-refractivity contribution in [2.45, 2.75) is 40.5 Å². The highest BCUT2D eigenvalue weighted by Gasteiger charge is 2.29. The SMILES string of the molecule is CC1CC(C(C)(C)C)CC=C1O. The van der Waals surface area contributed by atoms with Gasteiger partial charge >= 0.3 is 0 Å². The molecule has 2 atom stereocenters. The molecule has 0 saturated carbocycles. The number of allylic oxidation sites excluding steroid dienone is 2. The lowest BCUT2D eigenvalue weighted by Gasteiger charge is -2.34. The number of aliphatic hydroxyl groups is 1. The van der Waals surface area contributed by atoms with Crippen LogP contribution in [0.25, 0.3) is 0 Å². The number of aliphatic hydroxyl groups excluding tert-OH is 1. The molecule has 1 aliphatic rings. The quantitative estimate of drug-likeness (QED) is 0.586. The van der Waals surface area contributed by atoms with Crippen molar-refractivity contribution >= 4 is 0 Å². The molecule has 1 heteroatoms. The molecular formula is C11H20O. The van der Waals surface area contributed by atoms with Crippen LogP contribution in [0.2, 0.25) is 0 Å². The fraction of sp³-hybridized carbons (Fsp3) is 0.818. The Labute approximate surface area is 75.5 Å². The third-order valence-electron chi connectivity index (χ3n) is 2.98. The fourth-order valence-corrected chi connectivity index (χ4v) is 1.82. The van der Waals surface area contributed by atoms with Gasteiger partial charge in [0.1, 0.15) is 0 Å². The summed E-state index contributed by atoms with van der Waals surface area (Å²) >= 11 is 0. The molecule has 0 fully saturated rings. The molecule has 0 spiro atoms. The van der Waals surface area contributed by atoms with Crippen molar-refractivity contribution in [3.8, 4) is 0 Å². The van der Waals surface area contributed by atoms with Gasteiger partial charge in [0.2, 0.25) is 0 Å². The second-order valence-corrected chi connectivity index (χ2v) is 5.06. The molecule has 12 heavy (non-hydrogen) atoms. The Hall–Kier alpha value is -0.460. The van der Waals surface area contributed by atoms with Crippen LogP contribution in [-0.2, 0) is 0 Å². The first kappa shape index (κ1) is 9.63. The molecule has 0 saturated heterocycles. The molecule has 0 aromatic heterocycles. The first-order chi connectivity index (χ1) is 5.41. The highest BCUT2D eigenvalue weighted by atomic mass is 16.3. The summed E-state index contributed by atoms with van der Waals surface area (Å²) in [6.45, 7) is 8.94. The van der Waals surface area contributed by atoms with Crippen molar-refractivity contribution < 1.29 is 5.11 Å². The van der Waals surface area contributed by atoms with Gasteiger partial charge in [-0.05, 0) is 30.3 Å². The number of hydrogen-bond donors (Lipinski definition) is 1. The highest BCUT2D eigenvalue weighted by molar-refractivity contribution is 5.03. The summed E-state index contributed by atoms with van der Waals surface area (Å²) in [6.07, 6.45) is 4.16. The normalized spacial score (nSPS) is 31.5. The Kier molecular flexibility index (Phi) is 2.50. The van der Waals surface area contributed by atoms with E-state index in [2.05, 4.69) is 27.7 Å². The molecule has 1 nitrogen and oxygen atoms in total. The zero-order valence-corrected chi connectivity index (χ0v) is 8.59. The van der Waals surface area contributed by atoms with Crippen LogP contribution in [0.5, 0.6) is 0 Å². The first-order valence-corrected chi connectivity index (χ1v) is 4.80. The molecule has 1 rings (SSSR count). The molecular weight excluding hydrogens is 148 g/mol. The van der Waals surface area contributed by atoms with Crippen LogP contribution in [0.1, 0.15) is 40.5 Å². The largest absolute Gasteiger partial charge is 0.512 e. The molecule has 0 amide bonds. The molecule has 1 N–H and O–H groups in total. The van der Waals surface area contributed by atoms with Gasteiger partial charge in [-0.25, -0.2) is 0 Å². The van der Waals surface area contributed by atoms with E-state index < -0.39 is 0 Å². The van der Waals surface area contributed by atoms with E-state index in [-0.39, 0.29) is 0 Å². The van der Waals surface area contributed by atoms with Crippen molar-refractivity contribution in [2.24, 2.45) is 17.3 Å². The van der Waals surface area contributed by atoms with E-state index >= 15 is 0 Å². The summed E-state index contributed by atoms with van der Waals surface area (Å²) in [5.74, 6) is 1.68.